The van der Waals surface area contributed by atoms with Crippen molar-refractivity contribution in [2.45, 2.75) is 6.92 Å². The molecule has 0 aliphatic carbocycles. The fraction of sp³-hybridized carbons (Fsp3) is 0.176. The van der Waals surface area contributed by atoms with Gasteiger partial charge in [-0.3, -0.25) is 4.79 Å². The Morgan fingerprint density at radius 3 is 2.68 bits per heavy atom. The number of hydrogen-bond acceptors (Lipinski definition) is 5. The van der Waals surface area contributed by atoms with E-state index < -0.39 is 0 Å². The highest BCUT2D eigenvalue weighted by Gasteiger charge is 2.12. The van der Waals surface area contributed by atoms with E-state index in [0.717, 1.165) is 25.8 Å². The molecule has 0 bridgehead atoms. The molecule has 3 rings (SSSR count). The highest BCUT2D eigenvalue weighted by Crippen LogP contribution is 2.32. The van der Waals surface area contributed by atoms with Gasteiger partial charge in [0.1, 0.15) is 0 Å². The summed E-state index contributed by atoms with van der Waals surface area (Å²) in [5, 5.41) is 7.03. The van der Waals surface area contributed by atoms with Gasteiger partial charge >= 0.3 is 0 Å². The van der Waals surface area contributed by atoms with Crippen molar-refractivity contribution in [2.24, 2.45) is 5.10 Å². The Bertz CT molecular complexity index is 817. The molecule has 0 atom stereocenters. The molecule has 8 heteroatoms. The second kappa shape index (κ2) is 7.88. The van der Waals surface area contributed by atoms with Crippen molar-refractivity contribution >= 4 is 49.7 Å². The highest BCUT2D eigenvalue weighted by atomic mass is 79.9. The van der Waals surface area contributed by atoms with Crippen LogP contribution in [-0.4, -0.2) is 25.5 Å². The third kappa shape index (κ3) is 4.52. The van der Waals surface area contributed by atoms with Gasteiger partial charge in [0.25, 0.3) is 5.91 Å². The first kappa shape index (κ1) is 17.8. The van der Waals surface area contributed by atoms with E-state index in [1.807, 2.05) is 25.1 Å². The number of nitrogens with one attached hydrogen (secondary N) is 2. The van der Waals surface area contributed by atoms with Gasteiger partial charge in [-0.1, -0.05) is 0 Å². The number of carbonyl (C=O) groups excluding carboxylic acids is 1. The summed E-state index contributed by atoms with van der Waals surface area (Å²) in [6.45, 7) is 2.32. The molecule has 130 valence electrons. The van der Waals surface area contributed by atoms with Crippen molar-refractivity contribution in [1.29, 1.82) is 0 Å². The van der Waals surface area contributed by atoms with Gasteiger partial charge in [-0.2, -0.15) is 5.10 Å². The van der Waals surface area contributed by atoms with Crippen LogP contribution in [0, 0.1) is 6.92 Å². The van der Waals surface area contributed by atoms with Crippen LogP contribution in [0.5, 0.6) is 11.5 Å². The van der Waals surface area contributed by atoms with Gasteiger partial charge in [-0.05, 0) is 80.2 Å². The van der Waals surface area contributed by atoms with Gasteiger partial charge in [0.2, 0.25) is 6.79 Å². The largest absolute Gasteiger partial charge is 0.454 e. The number of aryl methyl sites for hydroxylation is 1. The molecule has 1 aliphatic rings. The van der Waals surface area contributed by atoms with E-state index in [2.05, 4.69) is 47.7 Å². The van der Waals surface area contributed by atoms with Crippen LogP contribution in [0.3, 0.4) is 0 Å². The summed E-state index contributed by atoms with van der Waals surface area (Å²) in [4.78, 5) is 11.9. The molecular weight excluding hydrogens is 454 g/mol. The van der Waals surface area contributed by atoms with Crippen LogP contribution in [-0.2, 0) is 4.79 Å². The van der Waals surface area contributed by atoms with Gasteiger partial charge in [0.05, 0.1) is 18.4 Å². The summed E-state index contributed by atoms with van der Waals surface area (Å²) in [5.74, 6) is 1.13. The van der Waals surface area contributed by atoms with Crippen LogP contribution in [0.4, 0.5) is 5.69 Å². The number of benzene rings is 2. The van der Waals surface area contributed by atoms with E-state index in [4.69, 9.17) is 9.47 Å². The molecule has 0 spiro atoms. The molecule has 0 unspecified atom stereocenters. The quantitative estimate of drug-likeness (QED) is 0.517. The first-order valence-corrected chi connectivity index (χ1v) is 9.02. The van der Waals surface area contributed by atoms with Crippen LogP contribution in [0.2, 0.25) is 0 Å². The first-order valence-electron chi connectivity index (χ1n) is 7.44. The molecule has 2 N–H and O–H groups in total. The minimum absolute atomic E-state index is 0.0960. The third-order valence-electron chi connectivity index (χ3n) is 3.41. The average molecular weight is 469 g/mol. The molecular formula is C17H15Br2N3O3. The van der Waals surface area contributed by atoms with E-state index in [0.29, 0.717) is 11.5 Å². The summed E-state index contributed by atoms with van der Waals surface area (Å²) in [6, 6.07) is 9.39. The van der Waals surface area contributed by atoms with Crippen LogP contribution in [0.1, 0.15) is 11.1 Å². The lowest BCUT2D eigenvalue weighted by Gasteiger charge is -2.11. The molecule has 0 radical (unpaired) electrons. The minimum Gasteiger partial charge on any atom is -0.454 e. The van der Waals surface area contributed by atoms with E-state index in [-0.39, 0.29) is 19.2 Å². The zero-order chi connectivity index (χ0) is 17.8. The Labute approximate surface area is 161 Å². The number of fused-ring (bicyclic) bond motifs is 1. The average Bonchev–Trinajstić information content (AvgIpc) is 3.01. The maximum absolute atomic E-state index is 11.9. The summed E-state index contributed by atoms with van der Waals surface area (Å²) < 4.78 is 12.3. The topological polar surface area (TPSA) is 72.0 Å². The Hall–Kier alpha value is -2.06. The Morgan fingerprint density at radius 2 is 1.92 bits per heavy atom. The van der Waals surface area contributed by atoms with E-state index in [1.54, 1.807) is 18.3 Å². The number of hydrazone groups is 1. The molecule has 2 aromatic carbocycles. The molecule has 6 nitrogen and oxygen atoms in total. The van der Waals surface area contributed by atoms with Crippen LogP contribution in [0.25, 0.3) is 0 Å². The molecule has 0 saturated carbocycles. The number of carbonyl (C=O) groups is 1. The highest BCUT2D eigenvalue weighted by molar-refractivity contribution is 9.11. The number of anilines is 1. The van der Waals surface area contributed by atoms with Gasteiger partial charge in [-0.25, -0.2) is 5.43 Å². The van der Waals surface area contributed by atoms with Gasteiger partial charge in [0.15, 0.2) is 11.5 Å². The lowest BCUT2D eigenvalue weighted by atomic mass is 10.2. The normalized spacial score (nSPS) is 12.4. The van der Waals surface area contributed by atoms with Crippen molar-refractivity contribution in [3.05, 3.63) is 50.4 Å². The van der Waals surface area contributed by atoms with Gasteiger partial charge in [0, 0.05) is 8.95 Å². The Kier molecular flexibility index (Phi) is 5.60. The van der Waals surface area contributed by atoms with Crippen molar-refractivity contribution in [1.82, 2.24) is 5.43 Å². The second-order valence-electron chi connectivity index (χ2n) is 5.36. The van der Waals surface area contributed by atoms with Gasteiger partial charge in [-0.15, -0.1) is 0 Å². The molecule has 0 fully saturated rings. The lowest BCUT2D eigenvalue weighted by molar-refractivity contribution is -0.119. The second-order valence-corrected chi connectivity index (χ2v) is 7.07. The maximum atomic E-state index is 11.9. The molecule has 25 heavy (non-hydrogen) atoms. The van der Waals surface area contributed by atoms with Crippen molar-refractivity contribution in [3.8, 4) is 11.5 Å². The van der Waals surface area contributed by atoms with E-state index in [9.17, 15) is 4.79 Å². The summed E-state index contributed by atoms with van der Waals surface area (Å²) >= 11 is 6.96. The number of rotatable bonds is 5. The zero-order valence-electron chi connectivity index (χ0n) is 13.3. The smallest absolute Gasteiger partial charge is 0.259 e. The monoisotopic (exact) mass is 467 g/mol. The molecule has 1 aliphatic heterocycles. The van der Waals surface area contributed by atoms with Crippen molar-refractivity contribution in [3.63, 3.8) is 0 Å². The van der Waals surface area contributed by atoms with Gasteiger partial charge < -0.3 is 14.8 Å². The third-order valence-corrected chi connectivity index (χ3v) is 4.66. The molecule has 1 amide bonds. The lowest BCUT2D eigenvalue weighted by Crippen LogP contribution is -2.26. The SMILES string of the molecule is Cc1cc(Br)c(NCC(=O)NN=Cc2ccc3c(c2)OCO3)c(Br)c1. The zero-order valence-corrected chi connectivity index (χ0v) is 16.5. The van der Waals surface area contributed by atoms with E-state index >= 15 is 0 Å². The first-order chi connectivity index (χ1) is 12.0. The van der Waals surface area contributed by atoms with Crippen LogP contribution >= 0.6 is 31.9 Å². The predicted octanol–water partition coefficient (Wildman–Crippen LogP) is 3.81. The van der Waals surface area contributed by atoms with E-state index in [1.165, 1.54) is 0 Å². The summed E-state index contributed by atoms with van der Waals surface area (Å²) in [5.41, 5.74) is 5.22. The minimum atomic E-state index is -0.253. The summed E-state index contributed by atoms with van der Waals surface area (Å²) in [6.07, 6.45) is 1.55. The fourth-order valence-electron chi connectivity index (χ4n) is 2.25. The summed E-state index contributed by atoms with van der Waals surface area (Å²) in [7, 11) is 0. The molecule has 2 aromatic rings. The number of halogens is 2. The standard InChI is InChI=1S/C17H15Br2N3O3/c1-10-4-12(18)17(13(19)5-10)20-8-16(23)22-21-7-11-2-3-14-15(6-11)25-9-24-14/h2-7,20H,8-9H2,1H3,(H,22,23). The Morgan fingerprint density at radius 1 is 1.20 bits per heavy atom. The van der Waals surface area contributed by atoms with Crippen LogP contribution < -0.4 is 20.2 Å². The number of amides is 1. The fourth-order valence-corrected chi connectivity index (χ4v) is 3.94. The van der Waals surface area contributed by atoms with Crippen molar-refractivity contribution in [2.75, 3.05) is 18.7 Å². The predicted molar refractivity (Wildman–Crippen MR) is 103 cm³/mol. The maximum Gasteiger partial charge on any atom is 0.259 e. The van der Waals surface area contributed by atoms with Crippen molar-refractivity contribution < 1.29 is 14.3 Å². The number of nitrogens with zero attached hydrogens (tertiary/aromatic N) is 1. The molecule has 0 saturated heterocycles. The molecule has 0 aromatic heterocycles. The number of hydrogen-bond donors (Lipinski definition) is 2. The van der Waals surface area contributed by atoms with Crippen LogP contribution in [0.15, 0.2) is 44.4 Å². The Balaban J connectivity index is 1.53. The molecule has 1 heterocycles. The number of ether oxygens (including phenoxy) is 2.